The van der Waals surface area contributed by atoms with Gasteiger partial charge in [0.1, 0.15) is 0 Å². The van der Waals surface area contributed by atoms with Gasteiger partial charge in [0.05, 0.1) is 12.6 Å². The summed E-state index contributed by atoms with van der Waals surface area (Å²) in [4.78, 5) is 11.5. The minimum absolute atomic E-state index is 0.0717. The van der Waals surface area contributed by atoms with Crippen LogP contribution >= 0.6 is 23.2 Å². The van der Waals surface area contributed by atoms with Crippen molar-refractivity contribution >= 4 is 29.2 Å². The smallest absolute Gasteiger partial charge is 0.228 e. The van der Waals surface area contributed by atoms with E-state index in [2.05, 4.69) is 34.1 Å². The second-order valence-electron chi connectivity index (χ2n) is 3.65. The van der Waals surface area contributed by atoms with Crippen molar-refractivity contribution in [3.63, 3.8) is 0 Å². The fraction of sp³-hybridized carbons (Fsp3) is 0.667. The number of hydrogen-bond acceptors (Lipinski definition) is 5. The molecule has 90 valence electrons. The lowest BCUT2D eigenvalue weighted by Crippen LogP contribution is -2.31. The van der Waals surface area contributed by atoms with Gasteiger partial charge in [-0.25, -0.2) is 0 Å². The minimum atomic E-state index is 0.0717. The van der Waals surface area contributed by atoms with Crippen LogP contribution in [0.2, 0.25) is 10.6 Å². The quantitative estimate of drug-likeness (QED) is 0.884. The highest BCUT2D eigenvalue weighted by Crippen LogP contribution is 2.13. The Morgan fingerprint density at radius 3 is 2.19 bits per heavy atom. The first kappa shape index (κ1) is 13.4. The molecule has 0 amide bonds. The van der Waals surface area contributed by atoms with Crippen LogP contribution in [0.3, 0.4) is 0 Å². The highest BCUT2D eigenvalue weighted by molar-refractivity contribution is 6.31. The fourth-order valence-corrected chi connectivity index (χ4v) is 1.50. The van der Waals surface area contributed by atoms with E-state index in [1.54, 1.807) is 7.11 Å². The lowest BCUT2D eigenvalue weighted by molar-refractivity contribution is 0.171. The van der Waals surface area contributed by atoms with E-state index in [4.69, 9.17) is 27.9 Å². The van der Waals surface area contributed by atoms with Crippen LogP contribution in [0.4, 0.5) is 5.95 Å². The van der Waals surface area contributed by atoms with Gasteiger partial charge in [0, 0.05) is 7.11 Å². The largest absolute Gasteiger partial charge is 0.383 e. The molecular weight excluding hydrogens is 251 g/mol. The summed E-state index contributed by atoms with van der Waals surface area (Å²) in [7, 11) is 1.64. The highest BCUT2D eigenvalue weighted by Gasteiger charge is 2.15. The molecule has 0 saturated carbocycles. The fourth-order valence-electron chi connectivity index (χ4n) is 1.14. The van der Waals surface area contributed by atoms with E-state index in [9.17, 15) is 0 Å². The number of anilines is 1. The molecule has 0 fully saturated rings. The van der Waals surface area contributed by atoms with E-state index < -0.39 is 0 Å². The first-order valence-electron chi connectivity index (χ1n) is 4.85. The molecule has 1 heterocycles. The molecule has 0 bridgehead atoms. The monoisotopic (exact) mass is 264 g/mol. The number of hydrogen-bond donors (Lipinski definition) is 1. The van der Waals surface area contributed by atoms with Gasteiger partial charge < -0.3 is 10.1 Å². The van der Waals surface area contributed by atoms with E-state index >= 15 is 0 Å². The molecule has 1 unspecified atom stereocenters. The van der Waals surface area contributed by atoms with Gasteiger partial charge >= 0.3 is 0 Å². The normalized spacial score (nSPS) is 12.9. The molecule has 0 radical (unpaired) electrons. The maximum Gasteiger partial charge on any atom is 0.228 e. The van der Waals surface area contributed by atoms with Gasteiger partial charge in [-0.2, -0.15) is 15.0 Å². The summed E-state index contributed by atoms with van der Waals surface area (Å²) in [6.45, 7) is 4.70. The van der Waals surface area contributed by atoms with Crippen LogP contribution in [0.25, 0.3) is 0 Å². The summed E-state index contributed by atoms with van der Waals surface area (Å²) in [6.07, 6.45) is 0. The lowest BCUT2D eigenvalue weighted by Gasteiger charge is -2.21. The predicted octanol–water partition coefficient (Wildman–Crippen LogP) is 2.26. The third kappa shape index (κ3) is 4.08. The molecule has 7 heteroatoms. The molecular formula is C9H14Cl2N4O. The van der Waals surface area contributed by atoms with E-state index in [0.717, 1.165) is 0 Å². The first-order valence-corrected chi connectivity index (χ1v) is 5.61. The number of aromatic nitrogens is 3. The molecule has 0 aliphatic rings. The zero-order valence-corrected chi connectivity index (χ0v) is 10.9. The van der Waals surface area contributed by atoms with Gasteiger partial charge in [0.2, 0.25) is 16.5 Å². The van der Waals surface area contributed by atoms with Crippen molar-refractivity contribution in [1.29, 1.82) is 0 Å². The Morgan fingerprint density at radius 2 is 1.75 bits per heavy atom. The van der Waals surface area contributed by atoms with Gasteiger partial charge in [-0.05, 0) is 29.1 Å². The van der Waals surface area contributed by atoms with Crippen LogP contribution in [0.1, 0.15) is 13.8 Å². The molecule has 0 aromatic carbocycles. The zero-order chi connectivity index (χ0) is 12.1. The summed E-state index contributed by atoms with van der Waals surface area (Å²) < 4.78 is 5.10. The van der Waals surface area contributed by atoms with Gasteiger partial charge in [-0.3, -0.25) is 0 Å². The molecule has 1 atom stereocenters. The van der Waals surface area contributed by atoms with Gasteiger partial charge in [0.15, 0.2) is 0 Å². The van der Waals surface area contributed by atoms with Crippen molar-refractivity contribution in [3.8, 4) is 0 Å². The van der Waals surface area contributed by atoms with Crippen molar-refractivity contribution in [3.05, 3.63) is 10.6 Å². The zero-order valence-electron chi connectivity index (χ0n) is 9.37. The molecule has 1 aromatic heterocycles. The Morgan fingerprint density at radius 1 is 1.19 bits per heavy atom. The van der Waals surface area contributed by atoms with Crippen LogP contribution in [0.15, 0.2) is 0 Å². The van der Waals surface area contributed by atoms with Crippen LogP contribution in [-0.4, -0.2) is 34.7 Å². The third-order valence-corrected chi connectivity index (χ3v) is 2.38. The molecule has 5 nitrogen and oxygen atoms in total. The molecule has 0 aliphatic heterocycles. The lowest BCUT2D eigenvalue weighted by atomic mass is 10.1. The van der Waals surface area contributed by atoms with Crippen LogP contribution in [0, 0.1) is 5.92 Å². The summed E-state index contributed by atoms with van der Waals surface area (Å²) in [6, 6.07) is 0.0968. The van der Waals surface area contributed by atoms with Crippen molar-refractivity contribution < 1.29 is 4.74 Å². The Hall–Kier alpha value is -0.650. The van der Waals surface area contributed by atoms with Crippen LogP contribution in [0.5, 0.6) is 0 Å². The summed E-state index contributed by atoms with van der Waals surface area (Å²) >= 11 is 11.3. The maximum atomic E-state index is 5.67. The summed E-state index contributed by atoms with van der Waals surface area (Å²) in [5, 5.41) is 3.25. The average molecular weight is 265 g/mol. The number of halogens is 2. The van der Waals surface area contributed by atoms with Crippen molar-refractivity contribution in [2.24, 2.45) is 5.92 Å². The highest BCUT2D eigenvalue weighted by atomic mass is 35.5. The average Bonchev–Trinajstić information content (AvgIpc) is 2.15. The van der Waals surface area contributed by atoms with E-state index in [0.29, 0.717) is 18.5 Å². The van der Waals surface area contributed by atoms with Crippen LogP contribution < -0.4 is 5.32 Å². The van der Waals surface area contributed by atoms with Crippen molar-refractivity contribution in [2.45, 2.75) is 19.9 Å². The van der Waals surface area contributed by atoms with Crippen LogP contribution in [-0.2, 0) is 4.74 Å². The second-order valence-corrected chi connectivity index (χ2v) is 4.32. The second kappa shape index (κ2) is 6.18. The Kier molecular flexibility index (Phi) is 5.18. The predicted molar refractivity (Wildman–Crippen MR) is 64.0 cm³/mol. The number of methoxy groups -OCH3 is 1. The molecule has 0 saturated heterocycles. The Balaban J connectivity index is 2.76. The number of rotatable bonds is 5. The van der Waals surface area contributed by atoms with E-state index in [1.165, 1.54) is 0 Å². The molecule has 16 heavy (non-hydrogen) atoms. The molecule has 1 aromatic rings. The molecule has 1 N–H and O–H groups in total. The van der Waals surface area contributed by atoms with Gasteiger partial charge in [-0.15, -0.1) is 0 Å². The van der Waals surface area contributed by atoms with Gasteiger partial charge in [0.25, 0.3) is 0 Å². The topological polar surface area (TPSA) is 59.9 Å². The number of ether oxygens (including phenoxy) is 1. The SMILES string of the molecule is COCC(Nc1nc(Cl)nc(Cl)n1)C(C)C. The standard InChI is InChI=1S/C9H14Cl2N4O/c1-5(2)6(4-16-3)12-9-14-7(10)13-8(11)15-9/h5-6H,4H2,1-3H3,(H,12,13,14,15). The van der Waals surface area contributed by atoms with E-state index in [1.807, 2.05) is 0 Å². The maximum absolute atomic E-state index is 5.67. The van der Waals surface area contributed by atoms with E-state index in [-0.39, 0.29) is 16.6 Å². The first-order chi connectivity index (χ1) is 7.52. The summed E-state index contributed by atoms with van der Waals surface area (Å²) in [5.74, 6) is 0.731. The van der Waals surface area contributed by atoms with Crippen molar-refractivity contribution in [1.82, 2.24) is 15.0 Å². The summed E-state index contributed by atoms with van der Waals surface area (Å²) in [5.41, 5.74) is 0. The van der Waals surface area contributed by atoms with Crippen molar-refractivity contribution in [2.75, 3.05) is 19.0 Å². The number of nitrogens with zero attached hydrogens (tertiary/aromatic N) is 3. The molecule has 1 rings (SSSR count). The molecule has 0 spiro atoms. The Labute approximate surface area is 105 Å². The third-order valence-electron chi connectivity index (χ3n) is 2.05. The van der Waals surface area contributed by atoms with Gasteiger partial charge in [-0.1, -0.05) is 13.8 Å². The Bertz CT molecular complexity index is 328. The molecule has 0 aliphatic carbocycles. The minimum Gasteiger partial charge on any atom is -0.383 e. The number of nitrogens with one attached hydrogen (secondary N) is 1.